The highest BCUT2D eigenvalue weighted by Gasteiger charge is 2.17. The number of ether oxygens (including phenoxy) is 2. The minimum atomic E-state index is 0.172. The molecule has 2 aromatic rings. The van der Waals surface area contributed by atoms with Crippen LogP contribution in [0.25, 0.3) is 11.3 Å². The van der Waals surface area contributed by atoms with Gasteiger partial charge in [-0.15, -0.1) is 0 Å². The third-order valence-corrected chi connectivity index (χ3v) is 4.39. The van der Waals surface area contributed by atoms with Crippen LogP contribution in [-0.4, -0.2) is 48.4 Å². The van der Waals surface area contributed by atoms with Crippen LogP contribution in [0.5, 0.6) is 5.75 Å². The van der Waals surface area contributed by atoms with Gasteiger partial charge in [-0.1, -0.05) is 0 Å². The molecule has 6 heteroatoms. The molecule has 0 bridgehead atoms. The first-order chi connectivity index (χ1) is 11.9. The Kier molecular flexibility index (Phi) is 4.57. The van der Waals surface area contributed by atoms with E-state index in [0.717, 1.165) is 49.5 Å². The van der Waals surface area contributed by atoms with Gasteiger partial charge in [0.15, 0.2) is 0 Å². The van der Waals surface area contributed by atoms with Crippen molar-refractivity contribution in [3.63, 3.8) is 0 Å². The summed E-state index contributed by atoms with van der Waals surface area (Å²) in [5.74, 6) is 1.56. The Balaban J connectivity index is 1.44. The van der Waals surface area contributed by atoms with E-state index < -0.39 is 0 Å². The van der Waals surface area contributed by atoms with Gasteiger partial charge in [-0.25, -0.2) is 9.97 Å². The summed E-state index contributed by atoms with van der Waals surface area (Å²) in [7, 11) is 0. The minimum Gasteiger partial charge on any atom is -0.488 e. The van der Waals surface area contributed by atoms with E-state index in [-0.39, 0.29) is 6.10 Å². The number of rotatable bonds is 5. The van der Waals surface area contributed by atoms with Crippen molar-refractivity contribution in [3.8, 4) is 17.0 Å². The van der Waals surface area contributed by atoms with Crippen molar-refractivity contribution in [1.82, 2.24) is 15.3 Å². The molecular weight excluding hydrogens is 304 g/mol. The Labute approximate surface area is 141 Å². The highest BCUT2D eigenvalue weighted by atomic mass is 16.5. The fraction of sp³-hybridized carbons (Fsp3) is 0.444. The molecule has 2 aliphatic rings. The topological polar surface area (TPSA) is 68.3 Å². The molecule has 0 amide bonds. The molecule has 4 rings (SSSR count). The summed E-state index contributed by atoms with van der Waals surface area (Å²) in [5.41, 5.74) is 1.97. The van der Waals surface area contributed by atoms with Crippen LogP contribution in [0.1, 0.15) is 12.8 Å². The molecule has 6 nitrogen and oxygen atoms in total. The molecule has 2 saturated heterocycles. The quantitative estimate of drug-likeness (QED) is 0.877. The smallest absolute Gasteiger partial charge is 0.223 e. The fourth-order valence-electron chi connectivity index (χ4n) is 3.05. The van der Waals surface area contributed by atoms with Crippen molar-refractivity contribution in [1.29, 1.82) is 0 Å². The lowest BCUT2D eigenvalue weighted by Gasteiger charge is -2.13. The monoisotopic (exact) mass is 326 g/mol. The van der Waals surface area contributed by atoms with Crippen LogP contribution >= 0.6 is 0 Å². The summed E-state index contributed by atoms with van der Waals surface area (Å²) in [4.78, 5) is 8.95. The third kappa shape index (κ3) is 3.66. The number of hydrogen-bond donors (Lipinski definition) is 2. The van der Waals surface area contributed by atoms with E-state index in [1.54, 1.807) is 6.20 Å². The second-order valence-electron chi connectivity index (χ2n) is 6.23. The number of nitrogens with zero attached hydrogens (tertiary/aromatic N) is 2. The second-order valence-corrected chi connectivity index (χ2v) is 6.23. The number of anilines is 1. The van der Waals surface area contributed by atoms with E-state index in [1.807, 2.05) is 30.3 Å². The van der Waals surface area contributed by atoms with E-state index in [1.165, 1.54) is 0 Å². The number of aromatic nitrogens is 2. The van der Waals surface area contributed by atoms with Gasteiger partial charge in [0.05, 0.1) is 18.9 Å². The predicted molar refractivity (Wildman–Crippen MR) is 92.2 cm³/mol. The van der Waals surface area contributed by atoms with E-state index in [9.17, 15) is 0 Å². The largest absolute Gasteiger partial charge is 0.488 e. The standard InChI is InChI=1S/C18H22N4O2/c1-3-15(24-16-7-10-23-12-16)4-2-13(1)17-6-9-20-18(22-17)21-14-5-8-19-11-14/h1-4,6,9,14,16,19H,5,7-8,10-12H2,(H,20,21,22). The SMILES string of the molecule is c1cc(-c2ccc(OC3CCOC3)cc2)nc(NC2CCNC2)n1. The maximum atomic E-state index is 5.90. The summed E-state index contributed by atoms with van der Waals surface area (Å²) < 4.78 is 11.2. The van der Waals surface area contributed by atoms with Crippen LogP contribution in [0.2, 0.25) is 0 Å². The Morgan fingerprint density at radius 3 is 2.83 bits per heavy atom. The molecule has 2 N–H and O–H groups in total. The first kappa shape index (κ1) is 15.4. The molecule has 0 saturated carbocycles. The Bertz CT molecular complexity index is 665. The Morgan fingerprint density at radius 2 is 2.08 bits per heavy atom. The highest BCUT2D eigenvalue weighted by molar-refractivity contribution is 5.61. The van der Waals surface area contributed by atoms with Gasteiger partial charge in [0, 0.05) is 30.8 Å². The van der Waals surface area contributed by atoms with Crippen LogP contribution in [-0.2, 0) is 4.74 Å². The first-order valence-electron chi connectivity index (χ1n) is 8.52. The minimum absolute atomic E-state index is 0.172. The summed E-state index contributed by atoms with van der Waals surface area (Å²) in [6, 6.07) is 10.4. The molecule has 0 radical (unpaired) electrons. The molecule has 0 spiro atoms. The van der Waals surface area contributed by atoms with Crippen LogP contribution in [0.3, 0.4) is 0 Å². The molecule has 1 aromatic carbocycles. The van der Waals surface area contributed by atoms with Gasteiger partial charge < -0.3 is 20.1 Å². The van der Waals surface area contributed by atoms with Gasteiger partial charge in [-0.3, -0.25) is 0 Å². The summed E-state index contributed by atoms with van der Waals surface area (Å²) in [6.07, 6.45) is 4.03. The van der Waals surface area contributed by atoms with Crippen molar-refractivity contribution in [3.05, 3.63) is 36.5 Å². The molecule has 126 valence electrons. The fourth-order valence-corrected chi connectivity index (χ4v) is 3.05. The average molecular weight is 326 g/mol. The molecule has 2 unspecified atom stereocenters. The zero-order valence-electron chi connectivity index (χ0n) is 13.6. The van der Waals surface area contributed by atoms with Gasteiger partial charge >= 0.3 is 0 Å². The van der Waals surface area contributed by atoms with Gasteiger partial charge in [0.25, 0.3) is 0 Å². The lowest BCUT2D eigenvalue weighted by Crippen LogP contribution is -2.23. The maximum absolute atomic E-state index is 5.90. The Hall–Kier alpha value is -2.18. The normalized spacial score (nSPS) is 23.3. The number of nitrogens with one attached hydrogen (secondary N) is 2. The van der Waals surface area contributed by atoms with Crippen LogP contribution in [0.15, 0.2) is 36.5 Å². The summed E-state index contributed by atoms with van der Waals surface area (Å²) >= 11 is 0. The highest BCUT2D eigenvalue weighted by Crippen LogP contribution is 2.23. The van der Waals surface area contributed by atoms with Crippen molar-refractivity contribution < 1.29 is 9.47 Å². The molecule has 2 fully saturated rings. The number of benzene rings is 1. The van der Waals surface area contributed by atoms with E-state index in [0.29, 0.717) is 18.6 Å². The first-order valence-corrected chi connectivity index (χ1v) is 8.52. The zero-order valence-corrected chi connectivity index (χ0v) is 13.6. The second kappa shape index (κ2) is 7.15. The maximum Gasteiger partial charge on any atom is 0.223 e. The average Bonchev–Trinajstić information content (AvgIpc) is 3.30. The molecule has 2 atom stereocenters. The lowest BCUT2D eigenvalue weighted by molar-refractivity contribution is 0.141. The third-order valence-electron chi connectivity index (χ3n) is 4.39. The van der Waals surface area contributed by atoms with Crippen molar-refractivity contribution >= 4 is 5.95 Å². The predicted octanol–water partition coefficient (Wildman–Crippen LogP) is 2.09. The van der Waals surface area contributed by atoms with Gasteiger partial charge in [0.1, 0.15) is 11.9 Å². The van der Waals surface area contributed by atoms with Crippen molar-refractivity contribution in [2.75, 3.05) is 31.6 Å². The van der Waals surface area contributed by atoms with Gasteiger partial charge in [-0.2, -0.15) is 0 Å². The van der Waals surface area contributed by atoms with Crippen molar-refractivity contribution in [2.45, 2.75) is 25.0 Å². The van der Waals surface area contributed by atoms with Crippen LogP contribution < -0.4 is 15.4 Å². The molecule has 1 aromatic heterocycles. The molecule has 24 heavy (non-hydrogen) atoms. The van der Waals surface area contributed by atoms with Crippen LogP contribution in [0.4, 0.5) is 5.95 Å². The van der Waals surface area contributed by atoms with Crippen molar-refractivity contribution in [2.24, 2.45) is 0 Å². The lowest BCUT2D eigenvalue weighted by atomic mass is 10.1. The van der Waals surface area contributed by atoms with E-state index >= 15 is 0 Å². The van der Waals surface area contributed by atoms with Gasteiger partial charge in [-0.05, 0) is 43.3 Å². The summed E-state index contributed by atoms with van der Waals surface area (Å²) in [6.45, 7) is 3.48. The summed E-state index contributed by atoms with van der Waals surface area (Å²) in [5, 5.41) is 6.72. The van der Waals surface area contributed by atoms with Gasteiger partial charge in [0.2, 0.25) is 5.95 Å². The van der Waals surface area contributed by atoms with E-state index in [4.69, 9.17) is 9.47 Å². The number of hydrogen-bond acceptors (Lipinski definition) is 6. The zero-order chi connectivity index (χ0) is 16.2. The molecule has 2 aliphatic heterocycles. The van der Waals surface area contributed by atoms with E-state index in [2.05, 4.69) is 20.6 Å². The molecule has 3 heterocycles. The Morgan fingerprint density at radius 1 is 1.17 bits per heavy atom. The van der Waals surface area contributed by atoms with Crippen LogP contribution in [0, 0.1) is 0 Å². The molecular formula is C18H22N4O2. The molecule has 0 aliphatic carbocycles.